The molecule has 5 heteroatoms. The molecule has 0 spiro atoms. The van der Waals surface area contributed by atoms with Crippen molar-refractivity contribution in [3.05, 3.63) is 24.3 Å². The van der Waals surface area contributed by atoms with E-state index in [1.54, 1.807) is 19.1 Å². The van der Waals surface area contributed by atoms with E-state index in [1.807, 2.05) is 31.2 Å². The van der Waals surface area contributed by atoms with Crippen molar-refractivity contribution in [1.82, 2.24) is 10.4 Å². The number of carbonyl (C=O) groups is 1. The van der Waals surface area contributed by atoms with Gasteiger partial charge in [0.2, 0.25) is 5.91 Å². The molecule has 0 bridgehead atoms. The average Bonchev–Trinajstić information content (AvgIpc) is 2.29. The van der Waals surface area contributed by atoms with Gasteiger partial charge in [-0.15, -0.1) is 0 Å². The lowest BCUT2D eigenvalue weighted by Crippen LogP contribution is -2.36. The monoisotopic (exact) mass is 252 g/mol. The zero-order chi connectivity index (χ0) is 13.4. The predicted octanol–water partition coefficient (Wildman–Crippen LogP) is 1.45. The Bertz CT molecular complexity index is 380. The van der Waals surface area contributed by atoms with E-state index in [4.69, 9.17) is 9.47 Å². The summed E-state index contributed by atoms with van der Waals surface area (Å²) in [4.78, 5) is 11.4. The summed E-state index contributed by atoms with van der Waals surface area (Å²) in [6.45, 7) is 2.89. The maximum absolute atomic E-state index is 11.4. The van der Waals surface area contributed by atoms with Crippen LogP contribution in [0.2, 0.25) is 0 Å². The number of hydrogen-bond acceptors (Lipinski definition) is 4. The first kappa shape index (κ1) is 14.3. The number of ether oxygens (including phenoxy) is 2. The normalized spacial score (nSPS) is 10.2. The van der Waals surface area contributed by atoms with E-state index >= 15 is 0 Å². The van der Waals surface area contributed by atoms with Crippen LogP contribution in [0.3, 0.4) is 0 Å². The van der Waals surface area contributed by atoms with Crippen LogP contribution in [0.4, 0.5) is 0 Å². The van der Waals surface area contributed by atoms with Gasteiger partial charge in [-0.3, -0.25) is 10.2 Å². The van der Waals surface area contributed by atoms with Gasteiger partial charge in [-0.05, 0) is 19.1 Å². The molecule has 0 unspecified atom stereocenters. The Balaban J connectivity index is 2.34. The third-order valence-corrected chi connectivity index (χ3v) is 2.06. The third-order valence-electron chi connectivity index (χ3n) is 2.06. The Morgan fingerprint density at radius 2 is 1.94 bits per heavy atom. The number of carbonyl (C=O) groups excluding carboxylic acids is 1. The summed E-state index contributed by atoms with van der Waals surface area (Å²) in [7, 11) is 3.54. The summed E-state index contributed by atoms with van der Waals surface area (Å²) in [5.41, 5.74) is 2.65. The average molecular weight is 252 g/mol. The minimum absolute atomic E-state index is 0.0686. The van der Waals surface area contributed by atoms with Crippen molar-refractivity contribution in [3.63, 3.8) is 0 Å². The highest BCUT2D eigenvalue weighted by atomic mass is 16.5. The van der Waals surface area contributed by atoms with Crippen molar-refractivity contribution in [2.24, 2.45) is 0 Å². The highest BCUT2D eigenvalue weighted by molar-refractivity contribution is 5.75. The molecule has 1 rings (SSSR count). The molecule has 5 nitrogen and oxygen atoms in total. The first-order valence-corrected chi connectivity index (χ1v) is 5.94. The molecule has 0 saturated carbocycles. The van der Waals surface area contributed by atoms with Gasteiger partial charge in [0.15, 0.2) is 0 Å². The van der Waals surface area contributed by atoms with Crippen molar-refractivity contribution in [2.75, 3.05) is 27.3 Å². The zero-order valence-electron chi connectivity index (χ0n) is 11.1. The quantitative estimate of drug-likeness (QED) is 0.746. The number of hydrazine groups is 1. The Hall–Kier alpha value is -1.75. The highest BCUT2D eigenvalue weighted by Crippen LogP contribution is 2.19. The van der Waals surface area contributed by atoms with Crippen LogP contribution in [0.5, 0.6) is 11.5 Å². The molecule has 0 heterocycles. The smallest absolute Gasteiger partial charge is 0.237 e. The van der Waals surface area contributed by atoms with Crippen molar-refractivity contribution in [2.45, 2.75) is 13.3 Å². The Labute approximate surface area is 108 Å². The van der Waals surface area contributed by atoms with E-state index in [9.17, 15) is 4.79 Å². The van der Waals surface area contributed by atoms with Gasteiger partial charge in [0.05, 0.1) is 19.6 Å². The first-order valence-electron chi connectivity index (χ1n) is 5.94. The molecular formula is C13H20N2O3. The number of benzene rings is 1. The molecule has 0 saturated heterocycles. The van der Waals surface area contributed by atoms with Crippen molar-refractivity contribution in [3.8, 4) is 11.5 Å². The summed E-state index contributed by atoms with van der Waals surface area (Å²) in [6, 6.07) is 7.38. The number of hydrogen-bond donors (Lipinski definition) is 1. The van der Waals surface area contributed by atoms with Crippen molar-refractivity contribution >= 4 is 5.91 Å². The molecule has 18 heavy (non-hydrogen) atoms. The van der Waals surface area contributed by atoms with Gasteiger partial charge in [0.25, 0.3) is 0 Å². The van der Waals surface area contributed by atoms with Gasteiger partial charge >= 0.3 is 0 Å². The van der Waals surface area contributed by atoms with Crippen LogP contribution >= 0.6 is 0 Å². The molecule has 0 aliphatic rings. The van der Waals surface area contributed by atoms with Crippen LogP contribution in [-0.4, -0.2) is 38.2 Å². The van der Waals surface area contributed by atoms with E-state index in [2.05, 4.69) is 5.43 Å². The van der Waals surface area contributed by atoms with Crippen LogP contribution in [0.1, 0.15) is 13.3 Å². The lowest BCUT2D eigenvalue weighted by Gasteiger charge is -2.12. The van der Waals surface area contributed by atoms with Gasteiger partial charge < -0.3 is 9.47 Å². The third kappa shape index (κ3) is 5.54. The maximum Gasteiger partial charge on any atom is 0.237 e. The van der Waals surface area contributed by atoms with Gasteiger partial charge in [0.1, 0.15) is 11.5 Å². The van der Waals surface area contributed by atoms with E-state index in [-0.39, 0.29) is 5.91 Å². The Morgan fingerprint density at radius 1 is 1.28 bits per heavy atom. The fraction of sp³-hybridized carbons (Fsp3) is 0.462. The minimum Gasteiger partial charge on any atom is -0.494 e. The van der Waals surface area contributed by atoms with E-state index in [0.717, 1.165) is 5.75 Å². The molecule has 1 amide bonds. The SMILES string of the molecule is CCOc1cccc(OCCC(=O)NN(C)C)c1. The summed E-state index contributed by atoms with van der Waals surface area (Å²) >= 11 is 0. The topological polar surface area (TPSA) is 50.8 Å². The molecule has 1 N–H and O–H groups in total. The second-order valence-electron chi connectivity index (χ2n) is 3.94. The maximum atomic E-state index is 11.4. The van der Waals surface area contributed by atoms with Gasteiger partial charge in [-0.1, -0.05) is 6.07 Å². The van der Waals surface area contributed by atoms with Crippen LogP contribution in [-0.2, 0) is 4.79 Å². The first-order chi connectivity index (χ1) is 8.61. The van der Waals surface area contributed by atoms with Gasteiger partial charge in [-0.2, -0.15) is 0 Å². The fourth-order valence-corrected chi connectivity index (χ4v) is 1.39. The van der Waals surface area contributed by atoms with Crippen LogP contribution in [0.25, 0.3) is 0 Å². The summed E-state index contributed by atoms with van der Waals surface area (Å²) in [5, 5.41) is 1.61. The van der Waals surface area contributed by atoms with Crippen molar-refractivity contribution < 1.29 is 14.3 Å². The number of rotatable bonds is 7. The lowest BCUT2D eigenvalue weighted by molar-refractivity contribution is -0.125. The molecule has 0 fully saturated rings. The van der Waals surface area contributed by atoms with Gasteiger partial charge in [0, 0.05) is 20.2 Å². The standard InChI is InChI=1S/C13H20N2O3/c1-4-17-11-6-5-7-12(10-11)18-9-8-13(16)14-15(2)3/h5-7,10H,4,8-9H2,1-3H3,(H,14,16). The predicted molar refractivity (Wildman–Crippen MR) is 69.6 cm³/mol. The Morgan fingerprint density at radius 3 is 2.56 bits per heavy atom. The zero-order valence-corrected chi connectivity index (χ0v) is 11.1. The molecule has 1 aromatic rings. The molecule has 0 aliphatic carbocycles. The summed E-state index contributed by atoms with van der Waals surface area (Å²) in [6.07, 6.45) is 0.317. The largest absolute Gasteiger partial charge is 0.494 e. The number of nitrogens with zero attached hydrogens (tertiary/aromatic N) is 1. The van der Waals surface area contributed by atoms with E-state index in [0.29, 0.717) is 25.4 Å². The second-order valence-corrected chi connectivity index (χ2v) is 3.94. The van der Waals surface area contributed by atoms with Crippen LogP contribution in [0, 0.1) is 0 Å². The molecule has 0 atom stereocenters. The lowest BCUT2D eigenvalue weighted by atomic mass is 10.3. The molecule has 1 aromatic carbocycles. The van der Waals surface area contributed by atoms with Crippen LogP contribution < -0.4 is 14.9 Å². The molecule has 0 aromatic heterocycles. The van der Waals surface area contributed by atoms with Crippen LogP contribution in [0.15, 0.2) is 24.3 Å². The number of amides is 1. The minimum atomic E-state index is -0.0686. The highest BCUT2D eigenvalue weighted by Gasteiger charge is 2.03. The van der Waals surface area contributed by atoms with Crippen molar-refractivity contribution in [1.29, 1.82) is 0 Å². The van der Waals surface area contributed by atoms with E-state index < -0.39 is 0 Å². The molecular weight excluding hydrogens is 232 g/mol. The van der Waals surface area contributed by atoms with Gasteiger partial charge in [-0.25, -0.2) is 5.01 Å². The summed E-state index contributed by atoms with van der Waals surface area (Å²) < 4.78 is 10.8. The molecule has 0 radical (unpaired) electrons. The summed E-state index contributed by atoms with van der Waals surface area (Å²) in [5.74, 6) is 1.41. The molecule has 0 aliphatic heterocycles. The fourth-order valence-electron chi connectivity index (χ4n) is 1.39. The second kappa shape index (κ2) is 7.55. The number of nitrogens with one attached hydrogen (secondary N) is 1. The van der Waals surface area contributed by atoms with E-state index in [1.165, 1.54) is 0 Å². The Kier molecular flexibility index (Phi) is 6.00. The molecule has 100 valence electrons.